The Balaban J connectivity index is 1.64. The minimum Gasteiger partial charge on any atom is -0.345 e. The number of aryl methyl sites for hydroxylation is 1. The summed E-state index contributed by atoms with van der Waals surface area (Å²) in [6, 6.07) is 21.5. The maximum atomic E-state index is 12.6. The number of benzene rings is 2. The van der Waals surface area contributed by atoms with Gasteiger partial charge in [0.2, 0.25) is 5.91 Å². The number of hydrogen-bond acceptors (Lipinski definition) is 4. The Morgan fingerprint density at radius 1 is 0.966 bits per heavy atom. The molecule has 150 valence electrons. The monoisotopic (exact) mass is 406 g/mol. The van der Waals surface area contributed by atoms with Gasteiger partial charge in [-0.05, 0) is 42.8 Å². The number of hydrogen-bond donors (Lipinski definition) is 2. The van der Waals surface area contributed by atoms with Gasteiger partial charge in [0, 0.05) is 4.88 Å². The van der Waals surface area contributed by atoms with E-state index in [0.717, 1.165) is 16.0 Å². The summed E-state index contributed by atoms with van der Waals surface area (Å²) in [6.45, 7) is 3.70. The van der Waals surface area contributed by atoms with Crippen molar-refractivity contribution in [1.82, 2.24) is 10.6 Å². The van der Waals surface area contributed by atoms with Crippen molar-refractivity contribution in [3.8, 4) is 0 Å². The van der Waals surface area contributed by atoms with E-state index in [1.165, 1.54) is 12.5 Å². The molecule has 5 heteroatoms. The van der Waals surface area contributed by atoms with Gasteiger partial charge >= 0.3 is 0 Å². The fourth-order valence-corrected chi connectivity index (χ4v) is 4.01. The van der Waals surface area contributed by atoms with Crippen LogP contribution in [-0.4, -0.2) is 24.3 Å². The zero-order chi connectivity index (χ0) is 20.6. The van der Waals surface area contributed by atoms with Gasteiger partial charge in [-0.3, -0.25) is 14.9 Å². The Bertz CT molecular complexity index is 921. The Morgan fingerprint density at radius 2 is 1.69 bits per heavy atom. The summed E-state index contributed by atoms with van der Waals surface area (Å²) in [5.41, 5.74) is 3.33. The molecule has 1 aromatic heterocycles. The lowest BCUT2D eigenvalue weighted by atomic mass is 10.0. The van der Waals surface area contributed by atoms with Gasteiger partial charge in [0.05, 0.1) is 18.6 Å². The molecule has 0 aliphatic rings. The molecule has 0 bridgehead atoms. The van der Waals surface area contributed by atoms with Crippen LogP contribution in [0.3, 0.4) is 0 Å². The first kappa shape index (κ1) is 21.0. The molecule has 29 heavy (non-hydrogen) atoms. The Morgan fingerprint density at radius 3 is 2.31 bits per heavy atom. The lowest BCUT2D eigenvalue weighted by Crippen LogP contribution is -2.45. The first-order valence-corrected chi connectivity index (χ1v) is 10.6. The molecule has 0 fully saturated rings. The molecular weight excluding hydrogens is 380 g/mol. The molecule has 3 aromatic rings. The highest BCUT2D eigenvalue weighted by molar-refractivity contribution is 7.10. The van der Waals surface area contributed by atoms with Crippen LogP contribution in [0.15, 0.2) is 72.1 Å². The Kier molecular flexibility index (Phi) is 7.33. The molecule has 0 saturated heterocycles. The van der Waals surface area contributed by atoms with Crippen molar-refractivity contribution in [2.45, 2.75) is 32.4 Å². The van der Waals surface area contributed by atoms with Gasteiger partial charge in [-0.25, -0.2) is 0 Å². The number of rotatable bonds is 9. The van der Waals surface area contributed by atoms with E-state index < -0.39 is 6.04 Å². The van der Waals surface area contributed by atoms with Crippen LogP contribution < -0.4 is 10.6 Å². The summed E-state index contributed by atoms with van der Waals surface area (Å²) in [5, 5.41) is 8.26. The molecule has 2 atom stereocenters. The topological polar surface area (TPSA) is 58.2 Å². The van der Waals surface area contributed by atoms with Gasteiger partial charge in [-0.15, -0.1) is 11.3 Å². The third kappa shape index (κ3) is 6.11. The summed E-state index contributed by atoms with van der Waals surface area (Å²) in [4.78, 5) is 25.8. The molecule has 1 heterocycles. The van der Waals surface area contributed by atoms with E-state index in [1.807, 2.05) is 41.8 Å². The predicted molar refractivity (Wildman–Crippen MR) is 118 cm³/mol. The van der Waals surface area contributed by atoms with Crippen molar-refractivity contribution in [3.63, 3.8) is 0 Å². The zero-order valence-corrected chi connectivity index (χ0v) is 17.5. The van der Waals surface area contributed by atoms with Crippen LogP contribution in [-0.2, 0) is 16.0 Å². The molecule has 3 rings (SSSR count). The second-order valence-corrected chi connectivity index (χ2v) is 8.14. The van der Waals surface area contributed by atoms with Crippen LogP contribution in [0.4, 0.5) is 0 Å². The maximum absolute atomic E-state index is 12.6. The first-order chi connectivity index (χ1) is 14.0. The smallest absolute Gasteiger partial charge is 0.234 e. The summed E-state index contributed by atoms with van der Waals surface area (Å²) in [6.07, 6.45) is 0.494. The van der Waals surface area contributed by atoms with Crippen LogP contribution >= 0.6 is 11.3 Å². The molecule has 0 saturated carbocycles. The van der Waals surface area contributed by atoms with E-state index in [9.17, 15) is 9.59 Å². The lowest BCUT2D eigenvalue weighted by Gasteiger charge is -2.20. The number of thiophene rings is 1. The van der Waals surface area contributed by atoms with E-state index in [4.69, 9.17) is 0 Å². The summed E-state index contributed by atoms with van der Waals surface area (Å²) in [5.74, 6) is -0.231. The van der Waals surface area contributed by atoms with Gasteiger partial charge in [-0.2, -0.15) is 0 Å². The van der Waals surface area contributed by atoms with Crippen LogP contribution in [0.2, 0.25) is 0 Å². The number of amides is 1. The minimum atomic E-state index is -0.522. The predicted octanol–water partition coefficient (Wildman–Crippen LogP) is 4.05. The molecule has 2 aromatic carbocycles. The van der Waals surface area contributed by atoms with Crippen molar-refractivity contribution in [3.05, 3.63) is 93.7 Å². The number of carbonyl (C=O) groups is 2. The van der Waals surface area contributed by atoms with Crippen molar-refractivity contribution in [2.24, 2.45) is 0 Å². The summed E-state index contributed by atoms with van der Waals surface area (Å²) in [7, 11) is 0. The average Bonchev–Trinajstić information content (AvgIpc) is 3.24. The van der Waals surface area contributed by atoms with Crippen molar-refractivity contribution in [1.29, 1.82) is 0 Å². The first-order valence-electron chi connectivity index (χ1n) is 9.70. The SMILES string of the molecule is CC(=O)[C@@H](Cc1ccccc1)NC(=O)CN[C@@H](c1ccc(C)cc1)c1cccs1. The molecule has 0 aliphatic heterocycles. The van der Waals surface area contributed by atoms with Crippen molar-refractivity contribution < 1.29 is 9.59 Å². The normalized spacial score (nSPS) is 12.9. The van der Waals surface area contributed by atoms with E-state index in [2.05, 4.69) is 47.9 Å². The average molecular weight is 407 g/mol. The molecule has 1 amide bonds. The molecule has 0 aliphatic carbocycles. The fraction of sp³-hybridized carbons (Fsp3) is 0.250. The van der Waals surface area contributed by atoms with Gasteiger partial charge in [0.25, 0.3) is 0 Å². The third-order valence-electron chi connectivity index (χ3n) is 4.81. The van der Waals surface area contributed by atoms with Gasteiger partial charge in [0.1, 0.15) is 0 Å². The van der Waals surface area contributed by atoms with Crippen LogP contribution in [0.5, 0.6) is 0 Å². The highest BCUT2D eigenvalue weighted by atomic mass is 32.1. The molecule has 2 N–H and O–H groups in total. The summed E-state index contributed by atoms with van der Waals surface area (Å²) < 4.78 is 0. The molecule has 0 radical (unpaired) electrons. The lowest BCUT2D eigenvalue weighted by molar-refractivity contribution is -0.126. The second-order valence-electron chi connectivity index (χ2n) is 7.16. The molecule has 4 nitrogen and oxygen atoms in total. The van der Waals surface area contributed by atoms with Crippen molar-refractivity contribution in [2.75, 3.05) is 6.54 Å². The summed E-state index contributed by atoms with van der Waals surface area (Å²) >= 11 is 1.65. The highest BCUT2D eigenvalue weighted by Crippen LogP contribution is 2.26. The number of ketones is 1. The Hall–Kier alpha value is -2.76. The standard InChI is InChI=1S/C24H26N2O2S/c1-17-10-12-20(13-11-17)24(22-9-6-14-29-22)25-16-23(28)26-21(18(2)27)15-19-7-4-3-5-8-19/h3-14,21,24-25H,15-16H2,1-2H3,(H,26,28)/t21-,24+/m1/s1. The van der Waals surface area contributed by atoms with Crippen LogP contribution in [0.1, 0.15) is 34.5 Å². The molecule has 0 spiro atoms. The highest BCUT2D eigenvalue weighted by Gasteiger charge is 2.20. The zero-order valence-electron chi connectivity index (χ0n) is 16.7. The van der Waals surface area contributed by atoms with Gasteiger partial charge < -0.3 is 5.32 Å². The Labute approximate surface area is 176 Å². The van der Waals surface area contributed by atoms with Crippen molar-refractivity contribution >= 4 is 23.0 Å². The van der Waals surface area contributed by atoms with E-state index >= 15 is 0 Å². The van der Waals surface area contributed by atoms with Gasteiger partial charge in [0.15, 0.2) is 5.78 Å². The number of carbonyl (C=O) groups excluding carboxylic acids is 2. The van der Waals surface area contributed by atoms with E-state index in [1.54, 1.807) is 11.3 Å². The quantitative estimate of drug-likeness (QED) is 0.564. The fourth-order valence-electron chi connectivity index (χ4n) is 3.18. The molecule has 0 unspecified atom stereocenters. The van der Waals surface area contributed by atoms with E-state index in [-0.39, 0.29) is 24.3 Å². The maximum Gasteiger partial charge on any atom is 0.234 e. The second kappa shape index (κ2) is 10.1. The number of nitrogens with one attached hydrogen (secondary N) is 2. The van der Waals surface area contributed by atoms with E-state index in [0.29, 0.717) is 6.42 Å². The van der Waals surface area contributed by atoms with Crippen LogP contribution in [0.25, 0.3) is 0 Å². The molecular formula is C24H26N2O2S. The van der Waals surface area contributed by atoms with Crippen LogP contribution in [0, 0.1) is 6.92 Å². The third-order valence-corrected chi connectivity index (χ3v) is 5.75. The number of Topliss-reactive ketones (excluding diaryl/α,β-unsaturated/α-hetero) is 1. The largest absolute Gasteiger partial charge is 0.345 e. The van der Waals surface area contributed by atoms with Gasteiger partial charge in [-0.1, -0.05) is 66.2 Å². The minimum absolute atomic E-state index is 0.0458.